The van der Waals surface area contributed by atoms with Crippen molar-refractivity contribution in [1.29, 1.82) is 5.26 Å². The average molecular weight is 372 g/mol. The molecule has 0 aliphatic rings. The molecule has 27 heavy (non-hydrogen) atoms. The van der Waals surface area contributed by atoms with E-state index in [1.807, 2.05) is 19.9 Å². The Morgan fingerprint density at radius 3 is 2.52 bits per heavy atom. The van der Waals surface area contributed by atoms with E-state index in [0.717, 1.165) is 16.7 Å². The number of nitriles is 1. The summed E-state index contributed by atoms with van der Waals surface area (Å²) in [6.45, 7) is 5.64. The van der Waals surface area contributed by atoms with Crippen molar-refractivity contribution in [2.45, 2.75) is 39.8 Å². The fraction of sp³-hybridized carbons (Fsp3) is 0.350. The number of ether oxygens (including phenoxy) is 1. The number of rotatable bonds is 7. The zero-order chi connectivity index (χ0) is 20.1. The average Bonchev–Trinajstić information content (AvgIpc) is 2.61. The lowest BCUT2D eigenvalue weighted by molar-refractivity contribution is 0.0743. The molecular weight excluding hydrogens is 351 g/mol. The van der Waals surface area contributed by atoms with Crippen LogP contribution in [-0.4, -0.2) is 28.2 Å². The molecule has 0 aliphatic heterocycles. The van der Waals surface area contributed by atoms with Crippen LogP contribution in [0.1, 0.15) is 47.3 Å². The Morgan fingerprint density at radius 2 is 1.96 bits per heavy atom. The SMILES string of the molecule is Cc1c(C(=O)c2ccc(F)cc2)c(O)n(CCCOC(C)C)c(=O)c1C#N. The molecule has 0 atom stereocenters. The minimum Gasteiger partial charge on any atom is -0.494 e. The highest BCUT2D eigenvalue weighted by Gasteiger charge is 2.24. The van der Waals surface area contributed by atoms with Crippen LogP contribution in [0.4, 0.5) is 4.39 Å². The Morgan fingerprint density at radius 1 is 1.33 bits per heavy atom. The van der Waals surface area contributed by atoms with Crippen molar-refractivity contribution in [2.75, 3.05) is 6.61 Å². The van der Waals surface area contributed by atoms with Gasteiger partial charge in [-0.2, -0.15) is 5.26 Å². The fourth-order valence-electron chi connectivity index (χ4n) is 2.72. The van der Waals surface area contributed by atoms with E-state index in [2.05, 4.69) is 0 Å². The highest BCUT2D eigenvalue weighted by atomic mass is 19.1. The van der Waals surface area contributed by atoms with E-state index < -0.39 is 23.0 Å². The van der Waals surface area contributed by atoms with Gasteiger partial charge in [0.15, 0.2) is 5.78 Å². The summed E-state index contributed by atoms with van der Waals surface area (Å²) in [7, 11) is 0. The quantitative estimate of drug-likeness (QED) is 0.596. The number of aromatic hydroxyl groups is 1. The first-order valence-corrected chi connectivity index (χ1v) is 8.56. The van der Waals surface area contributed by atoms with Crippen LogP contribution in [0.2, 0.25) is 0 Å². The van der Waals surface area contributed by atoms with Gasteiger partial charge in [-0.1, -0.05) is 0 Å². The molecule has 1 N–H and O–H groups in total. The maximum Gasteiger partial charge on any atom is 0.271 e. The van der Waals surface area contributed by atoms with E-state index in [9.17, 15) is 24.3 Å². The second-order valence-corrected chi connectivity index (χ2v) is 6.38. The van der Waals surface area contributed by atoms with E-state index in [0.29, 0.717) is 13.0 Å². The van der Waals surface area contributed by atoms with Crippen molar-refractivity contribution in [2.24, 2.45) is 0 Å². The third kappa shape index (κ3) is 4.41. The van der Waals surface area contributed by atoms with Crippen LogP contribution in [0.25, 0.3) is 0 Å². The first kappa shape index (κ1) is 20.3. The van der Waals surface area contributed by atoms with Crippen molar-refractivity contribution in [3.05, 3.63) is 62.7 Å². The van der Waals surface area contributed by atoms with Crippen molar-refractivity contribution in [3.8, 4) is 11.9 Å². The minimum atomic E-state index is -0.660. The first-order chi connectivity index (χ1) is 12.8. The highest BCUT2D eigenvalue weighted by Crippen LogP contribution is 2.25. The summed E-state index contributed by atoms with van der Waals surface area (Å²) in [5, 5.41) is 19.9. The number of hydrogen-bond donors (Lipinski definition) is 1. The van der Waals surface area contributed by atoms with E-state index in [1.54, 1.807) is 0 Å². The van der Waals surface area contributed by atoms with Gasteiger partial charge in [-0.25, -0.2) is 4.39 Å². The molecule has 0 spiro atoms. The second kappa shape index (κ2) is 8.60. The van der Waals surface area contributed by atoms with Crippen molar-refractivity contribution in [1.82, 2.24) is 4.57 Å². The molecule has 0 saturated carbocycles. The molecule has 1 heterocycles. The van der Waals surface area contributed by atoms with Gasteiger partial charge in [-0.05, 0) is 57.0 Å². The van der Waals surface area contributed by atoms with Crippen LogP contribution >= 0.6 is 0 Å². The van der Waals surface area contributed by atoms with E-state index in [4.69, 9.17) is 4.74 Å². The van der Waals surface area contributed by atoms with E-state index in [-0.39, 0.29) is 34.9 Å². The van der Waals surface area contributed by atoms with Crippen LogP contribution in [0.3, 0.4) is 0 Å². The van der Waals surface area contributed by atoms with Crippen LogP contribution in [0.5, 0.6) is 5.88 Å². The second-order valence-electron chi connectivity index (χ2n) is 6.38. The minimum absolute atomic E-state index is 0.0265. The Hall–Kier alpha value is -2.98. The maximum absolute atomic E-state index is 13.1. The Bertz CT molecular complexity index is 940. The van der Waals surface area contributed by atoms with Crippen molar-refractivity contribution >= 4 is 5.78 Å². The predicted molar refractivity (Wildman–Crippen MR) is 97.4 cm³/mol. The van der Waals surface area contributed by atoms with Crippen molar-refractivity contribution < 1.29 is 19.0 Å². The zero-order valence-electron chi connectivity index (χ0n) is 15.5. The molecule has 0 bridgehead atoms. The Balaban J connectivity index is 2.49. The molecule has 6 nitrogen and oxygen atoms in total. The summed E-state index contributed by atoms with van der Waals surface area (Å²) >= 11 is 0. The summed E-state index contributed by atoms with van der Waals surface area (Å²) in [4.78, 5) is 25.3. The number of carbonyl (C=O) groups is 1. The number of carbonyl (C=O) groups excluding carboxylic acids is 1. The topological polar surface area (TPSA) is 92.3 Å². The first-order valence-electron chi connectivity index (χ1n) is 8.56. The van der Waals surface area contributed by atoms with Gasteiger partial charge >= 0.3 is 0 Å². The number of aromatic nitrogens is 1. The summed E-state index contributed by atoms with van der Waals surface area (Å²) in [6, 6.07) is 6.64. The molecule has 0 fully saturated rings. The zero-order valence-corrected chi connectivity index (χ0v) is 15.5. The molecule has 2 aromatic rings. The number of nitrogens with zero attached hydrogens (tertiary/aromatic N) is 2. The lowest BCUT2D eigenvalue weighted by Gasteiger charge is -2.16. The number of hydrogen-bond acceptors (Lipinski definition) is 5. The summed E-state index contributed by atoms with van der Waals surface area (Å²) in [5.74, 6) is -1.59. The Labute approximate surface area is 156 Å². The monoisotopic (exact) mass is 372 g/mol. The lowest BCUT2D eigenvalue weighted by atomic mass is 9.97. The molecule has 142 valence electrons. The molecule has 2 rings (SSSR count). The predicted octanol–water partition coefficient (Wildman–Crippen LogP) is 2.92. The molecule has 0 unspecified atom stereocenters. The number of ketones is 1. The molecule has 1 aromatic carbocycles. The van der Waals surface area contributed by atoms with Gasteiger partial charge in [0.1, 0.15) is 17.4 Å². The third-order valence-corrected chi connectivity index (χ3v) is 4.11. The highest BCUT2D eigenvalue weighted by molar-refractivity contribution is 6.11. The van der Waals surface area contributed by atoms with E-state index in [1.165, 1.54) is 19.1 Å². The molecule has 0 saturated heterocycles. The van der Waals surface area contributed by atoms with Crippen molar-refractivity contribution in [3.63, 3.8) is 0 Å². The number of pyridine rings is 1. The van der Waals surface area contributed by atoms with Gasteiger partial charge in [-0.3, -0.25) is 14.2 Å². The van der Waals surface area contributed by atoms with Crippen LogP contribution < -0.4 is 5.56 Å². The lowest BCUT2D eigenvalue weighted by Crippen LogP contribution is -2.27. The smallest absolute Gasteiger partial charge is 0.271 e. The van der Waals surface area contributed by atoms with Gasteiger partial charge in [0, 0.05) is 18.7 Å². The molecule has 7 heteroatoms. The number of halogens is 1. The molecule has 0 amide bonds. The standard InChI is InChI=1S/C20H21FN2O4/c1-12(2)27-10-4-9-23-19(25)16(11-22)13(3)17(20(23)26)18(24)14-5-7-15(21)8-6-14/h5-8,12,26H,4,9-10H2,1-3H3. The molecule has 0 aliphatic carbocycles. The third-order valence-electron chi connectivity index (χ3n) is 4.11. The summed E-state index contributed by atoms with van der Waals surface area (Å²) < 4.78 is 19.5. The summed E-state index contributed by atoms with van der Waals surface area (Å²) in [5.41, 5.74) is -0.755. The largest absolute Gasteiger partial charge is 0.494 e. The van der Waals surface area contributed by atoms with Crippen LogP contribution in [0, 0.1) is 24.1 Å². The number of benzene rings is 1. The van der Waals surface area contributed by atoms with Gasteiger partial charge in [0.05, 0.1) is 11.7 Å². The molecular formula is C20H21FN2O4. The van der Waals surface area contributed by atoms with Crippen LogP contribution in [-0.2, 0) is 11.3 Å². The fourth-order valence-corrected chi connectivity index (χ4v) is 2.72. The normalized spacial score (nSPS) is 10.8. The Kier molecular flexibility index (Phi) is 6.48. The van der Waals surface area contributed by atoms with Gasteiger partial charge in [0.25, 0.3) is 5.56 Å². The summed E-state index contributed by atoms with van der Waals surface area (Å²) in [6.07, 6.45) is 0.447. The van der Waals surface area contributed by atoms with Gasteiger partial charge in [0.2, 0.25) is 5.88 Å². The molecule has 0 radical (unpaired) electrons. The van der Waals surface area contributed by atoms with Gasteiger partial charge < -0.3 is 9.84 Å². The van der Waals surface area contributed by atoms with E-state index >= 15 is 0 Å². The van der Waals surface area contributed by atoms with Crippen LogP contribution in [0.15, 0.2) is 29.1 Å². The van der Waals surface area contributed by atoms with Gasteiger partial charge in [-0.15, -0.1) is 0 Å². The maximum atomic E-state index is 13.1. The molecule has 1 aromatic heterocycles.